The molecule has 1 aliphatic rings. The zero-order chi connectivity index (χ0) is 20.9. The molecule has 5 heteroatoms. The summed E-state index contributed by atoms with van der Waals surface area (Å²) in [6, 6.07) is 21.8. The SMILES string of the molecule is O=C(NCC=Cc1cc(CO)ccc1Cl)OCC1c2ccccc2-c2ccccc21. The van der Waals surface area contributed by atoms with E-state index in [0.717, 1.165) is 11.1 Å². The second-order valence-corrected chi connectivity index (χ2v) is 7.53. The van der Waals surface area contributed by atoms with Crippen LogP contribution in [0.5, 0.6) is 0 Å². The number of benzene rings is 3. The molecule has 0 saturated carbocycles. The van der Waals surface area contributed by atoms with Crippen LogP contribution in [0.1, 0.15) is 28.2 Å². The highest BCUT2D eigenvalue weighted by Crippen LogP contribution is 2.44. The van der Waals surface area contributed by atoms with Crippen LogP contribution in [0.3, 0.4) is 0 Å². The molecular formula is C25H22ClNO3. The van der Waals surface area contributed by atoms with Crippen LogP contribution in [0, 0.1) is 0 Å². The van der Waals surface area contributed by atoms with E-state index in [4.69, 9.17) is 16.3 Å². The van der Waals surface area contributed by atoms with E-state index >= 15 is 0 Å². The number of nitrogens with one attached hydrogen (secondary N) is 1. The van der Waals surface area contributed by atoms with Crippen molar-refractivity contribution in [2.45, 2.75) is 12.5 Å². The van der Waals surface area contributed by atoms with Gasteiger partial charge >= 0.3 is 6.09 Å². The minimum absolute atomic E-state index is 0.0405. The summed E-state index contributed by atoms with van der Waals surface area (Å²) >= 11 is 6.15. The first-order chi connectivity index (χ1) is 14.7. The number of fused-ring (bicyclic) bond motifs is 3. The molecular weight excluding hydrogens is 398 g/mol. The Labute approximate surface area is 180 Å². The van der Waals surface area contributed by atoms with Crippen LogP contribution in [-0.2, 0) is 11.3 Å². The fourth-order valence-electron chi connectivity index (χ4n) is 3.80. The van der Waals surface area contributed by atoms with Crippen molar-refractivity contribution in [2.24, 2.45) is 0 Å². The van der Waals surface area contributed by atoms with Gasteiger partial charge in [0, 0.05) is 17.5 Å². The fourth-order valence-corrected chi connectivity index (χ4v) is 3.98. The van der Waals surface area contributed by atoms with Crippen molar-refractivity contribution in [1.82, 2.24) is 5.32 Å². The first-order valence-electron chi connectivity index (χ1n) is 9.82. The van der Waals surface area contributed by atoms with Crippen molar-refractivity contribution >= 4 is 23.8 Å². The molecule has 0 aromatic heterocycles. The highest BCUT2D eigenvalue weighted by atomic mass is 35.5. The minimum Gasteiger partial charge on any atom is -0.449 e. The van der Waals surface area contributed by atoms with E-state index in [1.807, 2.05) is 36.4 Å². The van der Waals surface area contributed by atoms with E-state index in [1.54, 1.807) is 18.2 Å². The van der Waals surface area contributed by atoms with Crippen molar-refractivity contribution in [3.63, 3.8) is 0 Å². The van der Waals surface area contributed by atoms with Crippen LogP contribution in [0.4, 0.5) is 4.79 Å². The lowest BCUT2D eigenvalue weighted by molar-refractivity contribution is 0.144. The largest absolute Gasteiger partial charge is 0.449 e. The van der Waals surface area contributed by atoms with Gasteiger partial charge in [0.15, 0.2) is 0 Å². The highest BCUT2D eigenvalue weighted by molar-refractivity contribution is 6.32. The van der Waals surface area contributed by atoms with Gasteiger partial charge in [-0.2, -0.15) is 0 Å². The number of carbonyl (C=O) groups is 1. The van der Waals surface area contributed by atoms with Gasteiger partial charge in [-0.1, -0.05) is 78.4 Å². The van der Waals surface area contributed by atoms with E-state index in [1.165, 1.54) is 22.3 Å². The maximum atomic E-state index is 12.2. The normalized spacial score (nSPS) is 12.6. The molecule has 1 aliphatic carbocycles. The molecule has 0 aliphatic heterocycles. The Balaban J connectivity index is 1.34. The second kappa shape index (κ2) is 9.16. The topological polar surface area (TPSA) is 58.6 Å². The number of alkyl carbamates (subject to hydrolysis) is 1. The van der Waals surface area contributed by atoms with E-state index in [2.05, 4.69) is 29.6 Å². The zero-order valence-electron chi connectivity index (χ0n) is 16.3. The number of hydrogen-bond acceptors (Lipinski definition) is 3. The summed E-state index contributed by atoms with van der Waals surface area (Å²) in [5.74, 6) is 0.0405. The van der Waals surface area contributed by atoms with E-state index < -0.39 is 6.09 Å². The van der Waals surface area contributed by atoms with Gasteiger partial charge in [0.05, 0.1) is 6.61 Å². The molecule has 0 radical (unpaired) electrons. The van der Waals surface area contributed by atoms with Crippen LogP contribution >= 0.6 is 11.6 Å². The van der Waals surface area contributed by atoms with Crippen LogP contribution in [0.2, 0.25) is 5.02 Å². The monoisotopic (exact) mass is 419 g/mol. The summed E-state index contributed by atoms with van der Waals surface area (Å²) < 4.78 is 5.51. The zero-order valence-corrected chi connectivity index (χ0v) is 17.1. The van der Waals surface area contributed by atoms with Crippen LogP contribution < -0.4 is 5.32 Å². The Morgan fingerprint density at radius 1 is 1.03 bits per heavy atom. The molecule has 2 N–H and O–H groups in total. The summed E-state index contributed by atoms with van der Waals surface area (Å²) in [4.78, 5) is 12.2. The van der Waals surface area contributed by atoms with Gasteiger partial charge in [-0.3, -0.25) is 0 Å². The lowest BCUT2D eigenvalue weighted by Crippen LogP contribution is -2.26. The van der Waals surface area contributed by atoms with Crippen molar-refractivity contribution in [1.29, 1.82) is 0 Å². The average molecular weight is 420 g/mol. The molecule has 30 heavy (non-hydrogen) atoms. The smallest absolute Gasteiger partial charge is 0.407 e. The third-order valence-electron chi connectivity index (χ3n) is 5.25. The number of hydrogen-bond donors (Lipinski definition) is 2. The summed E-state index contributed by atoms with van der Waals surface area (Å²) in [6.07, 6.45) is 3.14. The average Bonchev–Trinajstić information content (AvgIpc) is 3.10. The number of aliphatic hydroxyl groups is 1. The lowest BCUT2D eigenvalue weighted by atomic mass is 9.98. The van der Waals surface area contributed by atoms with E-state index in [9.17, 15) is 9.90 Å². The first kappa shape index (κ1) is 20.2. The number of aliphatic hydroxyl groups excluding tert-OH is 1. The molecule has 1 amide bonds. The molecule has 0 unspecified atom stereocenters. The molecule has 4 rings (SSSR count). The maximum absolute atomic E-state index is 12.2. The number of ether oxygens (including phenoxy) is 1. The van der Waals surface area contributed by atoms with Gasteiger partial charge in [-0.25, -0.2) is 4.79 Å². The number of halogens is 1. The quantitative estimate of drug-likeness (QED) is 0.563. The number of amides is 1. The summed E-state index contributed by atoms with van der Waals surface area (Å²) in [7, 11) is 0. The Morgan fingerprint density at radius 2 is 1.70 bits per heavy atom. The van der Waals surface area contributed by atoms with Gasteiger partial charge in [-0.05, 0) is 45.5 Å². The summed E-state index contributed by atoms with van der Waals surface area (Å²) in [6.45, 7) is 0.556. The van der Waals surface area contributed by atoms with Gasteiger partial charge in [0.25, 0.3) is 0 Å². The maximum Gasteiger partial charge on any atom is 0.407 e. The van der Waals surface area contributed by atoms with Crippen molar-refractivity contribution in [3.05, 3.63) is 100 Å². The number of carbonyl (C=O) groups excluding carboxylic acids is 1. The van der Waals surface area contributed by atoms with Crippen molar-refractivity contribution in [3.8, 4) is 11.1 Å². The third-order valence-corrected chi connectivity index (χ3v) is 5.59. The standard InChI is InChI=1S/C25H22ClNO3/c26-24-12-11-17(15-28)14-18(24)6-5-13-27-25(29)30-16-23-21-9-3-1-7-19(21)20-8-2-4-10-22(20)23/h1-12,14,23,28H,13,15-16H2,(H,27,29). The van der Waals surface area contributed by atoms with Gasteiger partial charge < -0.3 is 15.2 Å². The van der Waals surface area contributed by atoms with Gasteiger partial charge in [-0.15, -0.1) is 0 Å². The molecule has 4 nitrogen and oxygen atoms in total. The Hall–Kier alpha value is -3.08. The van der Waals surface area contributed by atoms with E-state index in [0.29, 0.717) is 11.6 Å². The molecule has 0 bridgehead atoms. The van der Waals surface area contributed by atoms with Crippen LogP contribution in [-0.4, -0.2) is 24.4 Å². The number of rotatable bonds is 6. The molecule has 0 spiro atoms. The lowest BCUT2D eigenvalue weighted by Gasteiger charge is -2.14. The van der Waals surface area contributed by atoms with Crippen LogP contribution in [0.15, 0.2) is 72.8 Å². The molecule has 3 aromatic rings. The Morgan fingerprint density at radius 3 is 2.37 bits per heavy atom. The molecule has 0 fully saturated rings. The van der Waals surface area contributed by atoms with Crippen LogP contribution in [0.25, 0.3) is 17.2 Å². The van der Waals surface area contributed by atoms with Gasteiger partial charge in [0.2, 0.25) is 0 Å². The molecule has 3 aromatic carbocycles. The Bertz CT molecular complexity index is 1050. The van der Waals surface area contributed by atoms with Crippen molar-refractivity contribution < 1.29 is 14.6 Å². The molecule has 0 saturated heterocycles. The highest BCUT2D eigenvalue weighted by Gasteiger charge is 2.28. The predicted molar refractivity (Wildman–Crippen MR) is 119 cm³/mol. The molecule has 152 valence electrons. The predicted octanol–water partition coefficient (Wildman–Crippen LogP) is 5.38. The minimum atomic E-state index is -0.461. The molecule has 0 atom stereocenters. The van der Waals surface area contributed by atoms with Crippen molar-refractivity contribution in [2.75, 3.05) is 13.2 Å². The fraction of sp³-hybridized carbons (Fsp3) is 0.160. The molecule has 0 heterocycles. The Kier molecular flexibility index (Phi) is 6.17. The van der Waals surface area contributed by atoms with Gasteiger partial charge in [0.1, 0.15) is 6.61 Å². The summed E-state index contributed by atoms with van der Waals surface area (Å²) in [5.41, 5.74) is 6.34. The van der Waals surface area contributed by atoms with E-state index in [-0.39, 0.29) is 19.1 Å². The first-order valence-corrected chi connectivity index (χ1v) is 10.2. The third kappa shape index (κ3) is 4.25. The second-order valence-electron chi connectivity index (χ2n) is 7.12. The summed E-state index contributed by atoms with van der Waals surface area (Å²) in [5, 5.41) is 12.5.